The number of halogens is 3. The van der Waals surface area contributed by atoms with Crippen LogP contribution in [0.15, 0.2) is 97.1 Å². The second-order valence-corrected chi connectivity index (χ2v) is 15.3. The van der Waals surface area contributed by atoms with Crippen molar-refractivity contribution in [2.45, 2.75) is 49.0 Å². The number of benzene rings is 4. The zero-order valence-electron chi connectivity index (χ0n) is 20.9. The predicted octanol–water partition coefficient (Wildman–Crippen LogP) is 8.69. The molecule has 1 saturated carbocycles. The van der Waals surface area contributed by atoms with E-state index in [0.29, 0.717) is 16.6 Å². The van der Waals surface area contributed by atoms with Crippen molar-refractivity contribution in [2.24, 2.45) is 0 Å². The van der Waals surface area contributed by atoms with E-state index in [2.05, 4.69) is 65.1 Å². The van der Waals surface area contributed by atoms with E-state index in [9.17, 15) is 8.78 Å². The SMILES string of the molecule is Fc1ccc(P2c3ccc(F)cc3C3CCC3N2P2[C@@H](c3ccccc3)CC[C@@H]2c2ccccc2)c(F)c1. The van der Waals surface area contributed by atoms with Crippen LogP contribution >= 0.6 is 16.1 Å². The van der Waals surface area contributed by atoms with Gasteiger partial charge >= 0.3 is 0 Å². The lowest BCUT2D eigenvalue weighted by Crippen LogP contribution is -2.50. The van der Waals surface area contributed by atoms with Crippen LogP contribution in [0.2, 0.25) is 0 Å². The van der Waals surface area contributed by atoms with E-state index in [-0.39, 0.29) is 17.8 Å². The lowest BCUT2D eigenvalue weighted by Gasteiger charge is -2.57. The largest absolute Gasteiger partial charge is 0.248 e. The lowest BCUT2D eigenvalue weighted by atomic mass is 9.75. The van der Waals surface area contributed by atoms with Crippen LogP contribution in [0.5, 0.6) is 0 Å². The molecule has 0 spiro atoms. The first-order chi connectivity index (χ1) is 18.6. The summed E-state index contributed by atoms with van der Waals surface area (Å²) in [6.07, 6.45) is 4.19. The molecule has 2 heterocycles. The molecule has 6 heteroatoms. The Kier molecular flexibility index (Phi) is 6.39. The fourth-order valence-electron chi connectivity index (χ4n) is 6.64. The van der Waals surface area contributed by atoms with Crippen molar-refractivity contribution in [2.75, 3.05) is 0 Å². The number of hydrogen-bond acceptors (Lipinski definition) is 1. The molecule has 1 nitrogen and oxygen atoms in total. The number of rotatable bonds is 4. The fourth-order valence-corrected chi connectivity index (χ4v) is 14.6. The molecule has 7 rings (SSSR count). The third-order valence-corrected chi connectivity index (χ3v) is 15.2. The molecule has 38 heavy (non-hydrogen) atoms. The molecule has 4 aromatic rings. The van der Waals surface area contributed by atoms with Crippen molar-refractivity contribution in [3.8, 4) is 0 Å². The summed E-state index contributed by atoms with van der Waals surface area (Å²) in [5, 5.41) is 1.58. The van der Waals surface area contributed by atoms with Gasteiger partial charge < -0.3 is 0 Å². The number of hydrogen-bond donors (Lipinski definition) is 0. The molecular formula is C32H28F3NP2. The average Bonchev–Trinajstić information content (AvgIpc) is 3.35. The Balaban J connectivity index is 1.44. The van der Waals surface area contributed by atoms with Gasteiger partial charge in [0.2, 0.25) is 0 Å². The van der Waals surface area contributed by atoms with Crippen LogP contribution in [0.3, 0.4) is 0 Å². The summed E-state index contributed by atoms with van der Waals surface area (Å²) in [4.78, 5) is 0. The molecule has 4 aromatic carbocycles. The average molecular weight is 546 g/mol. The summed E-state index contributed by atoms with van der Waals surface area (Å²) in [5.41, 5.74) is 4.41. The maximum absolute atomic E-state index is 15.6. The van der Waals surface area contributed by atoms with Gasteiger partial charge in [-0.1, -0.05) is 60.7 Å². The first kappa shape index (κ1) is 24.5. The fraction of sp³-hybridized carbons (Fsp3) is 0.250. The molecule has 0 bridgehead atoms. The van der Waals surface area contributed by atoms with E-state index >= 15 is 4.39 Å². The van der Waals surface area contributed by atoms with Crippen LogP contribution in [0.4, 0.5) is 13.2 Å². The van der Waals surface area contributed by atoms with Crippen molar-refractivity contribution in [1.29, 1.82) is 0 Å². The van der Waals surface area contributed by atoms with Gasteiger partial charge in [0.05, 0.1) is 0 Å². The van der Waals surface area contributed by atoms with Crippen molar-refractivity contribution < 1.29 is 13.2 Å². The van der Waals surface area contributed by atoms with E-state index < -0.39 is 27.8 Å². The van der Waals surface area contributed by atoms with Gasteiger partial charge in [0.25, 0.3) is 0 Å². The molecule has 1 saturated heterocycles. The molecule has 2 fully saturated rings. The Bertz CT molecular complexity index is 1420. The summed E-state index contributed by atoms with van der Waals surface area (Å²) in [7, 11) is -2.06. The zero-order chi connectivity index (χ0) is 25.8. The van der Waals surface area contributed by atoms with Crippen LogP contribution in [-0.2, 0) is 0 Å². The van der Waals surface area contributed by atoms with Crippen molar-refractivity contribution in [3.05, 3.63) is 131 Å². The standard InChI is InChI=1S/C32H28F3NP2/c33-23-11-15-31-26(19-23)25-13-14-28(25)36(38(31)32-16-12-24(34)20-27(32)35)37-29(21-7-3-1-4-8-21)17-18-30(37)22-9-5-2-6-10-22/h1-12,15-16,19-20,25,28-30H,13-14,17-18H2/t25?,28?,29-,30-,38?/m1/s1. The van der Waals surface area contributed by atoms with Crippen molar-refractivity contribution in [3.63, 3.8) is 0 Å². The van der Waals surface area contributed by atoms with Gasteiger partial charge in [0.15, 0.2) is 0 Å². The Morgan fingerprint density at radius 3 is 1.74 bits per heavy atom. The van der Waals surface area contributed by atoms with Crippen molar-refractivity contribution >= 4 is 26.8 Å². The summed E-state index contributed by atoms with van der Waals surface area (Å²) in [5.74, 6) is -1.07. The van der Waals surface area contributed by atoms with Crippen molar-refractivity contribution in [1.82, 2.24) is 4.44 Å². The Morgan fingerprint density at radius 1 is 0.605 bits per heavy atom. The highest BCUT2D eigenvalue weighted by molar-refractivity contribution is 7.79. The minimum atomic E-state index is -1.30. The highest BCUT2D eigenvalue weighted by Gasteiger charge is 2.54. The van der Waals surface area contributed by atoms with Crippen LogP contribution in [-0.4, -0.2) is 10.5 Å². The molecule has 3 aliphatic rings. The van der Waals surface area contributed by atoms with Crippen LogP contribution in [0.25, 0.3) is 0 Å². The maximum atomic E-state index is 15.6. The second-order valence-electron chi connectivity index (χ2n) is 10.5. The molecule has 0 N–H and O–H groups in total. The third-order valence-electron chi connectivity index (χ3n) is 8.45. The van der Waals surface area contributed by atoms with E-state index in [0.717, 1.165) is 42.6 Å². The Hall–Kier alpha value is -2.51. The summed E-state index contributed by atoms with van der Waals surface area (Å²) in [6.45, 7) is 0. The molecule has 2 aliphatic heterocycles. The molecule has 0 radical (unpaired) electrons. The number of nitrogens with zero attached hydrogens (tertiary/aromatic N) is 1. The van der Waals surface area contributed by atoms with E-state index in [1.165, 1.54) is 23.3 Å². The molecule has 192 valence electrons. The summed E-state index contributed by atoms with van der Waals surface area (Å²) < 4.78 is 46.9. The second kappa shape index (κ2) is 9.91. The van der Waals surface area contributed by atoms with E-state index in [1.807, 2.05) is 6.07 Å². The van der Waals surface area contributed by atoms with Gasteiger partial charge in [0.1, 0.15) is 17.5 Å². The van der Waals surface area contributed by atoms with Gasteiger partial charge in [-0.25, -0.2) is 17.6 Å². The first-order valence-electron chi connectivity index (χ1n) is 13.3. The van der Waals surface area contributed by atoms with E-state index in [4.69, 9.17) is 0 Å². The van der Waals surface area contributed by atoms with Gasteiger partial charge in [0, 0.05) is 42.7 Å². The third kappa shape index (κ3) is 4.04. The Morgan fingerprint density at radius 2 is 1.18 bits per heavy atom. The molecule has 0 aromatic heterocycles. The maximum Gasteiger partial charge on any atom is 0.135 e. The minimum Gasteiger partial charge on any atom is -0.248 e. The molecule has 1 aliphatic carbocycles. The smallest absolute Gasteiger partial charge is 0.135 e. The predicted molar refractivity (Wildman–Crippen MR) is 151 cm³/mol. The highest BCUT2D eigenvalue weighted by atomic mass is 31.2. The lowest BCUT2D eigenvalue weighted by molar-refractivity contribution is 0.255. The molecular weight excluding hydrogens is 517 g/mol. The van der Waals surface area contributed by atoms with Gasteiger partial charge in [-0.05, 0) is 86.1 Å². The quantitative estimate of drug-likeness (QED) is 0.232. The van der Waals surface area contributed by atoms with Gasteiger partial charge in [-0.3, -0.25) is 0 Å². The normalized spacial score (nSPS) is 27.0. The van der Waals surface area contributed by atoms with Crippen LogP contribution in [0.1, 0.15) is 59.6 Å². The monoisotopic (exact) mass is 545 g/mol. The number of fused-ring (bicyclic) bond motifs is 3. The Labute approximate surface area is 224 Å². The zero-order valence-corrected chi connectivity index (χ0v) is 22.6. The van der Waals surface area contributed by atoms with Crippen LogP contribution in [0, 0.1) is 17.5 Å². The molecule has 0 amide bonds. The molecule has 3 unspecified atom stereocenters. The van der Waals surface area contributed by atoms with Gasteiger partial charge in [-0.15, -0.1) is 0 Å². The molecule has 5 atom stereocenters. The minimum absolute atomic E-state index is 0.237. The van der Waals surface area contributed by atoms with Crippen LogP contribution < -0.4 is 10.6 Å². The van der Waals surface area contributed by atoms with E-state index in [1.54, 1.807) is 12.1 Å². The first-order valence-corrected chi connectivity index (χ1v) is 16.0. The summed E-state index contributed by atoms with van der Waals surface area (Å²) in [6, 6.07) is 30.8. The van der Waals surface area contributed by atoms with Gasteiger partial charge in [-0.2, -0.15) is 0 Å². The highest BCUT2D eigenvalue weighted by Crippen LogP contribution is 2.79. The topological polar surface area (TPSA) is 3.24 Å². The summed E-state index contributed by atoms with van der Waals surface area (Å²) >= 11 is 0.